The maximum Gasteiger partial charge on any atom is 0.220 e. The average Bonchev–Trinajstić information content (AvgIpc) is 2.26. The van der Waals surface area contributed by atoms with Crippen LogP contribution < -0.4 is 10.6 Å². The largest absolute Gasteiger partial charge is 0.354 e. The molecule has 0 aromatic rings. The van der Waals surface area contributed by atoms with Gasteiger partial charge in [-0.05, 0) is 26.7 Å². The van der Waals surface area contributed by atoms with Crippen LogP contribution in [0.2, 0.25) is 0 Å². The van der Waals surface area contributed by atoms with Crippen molar-refractivity contribution in [1.29, 1.82) is 0 Å². The predicted octanol–water partition coefficient (Wildman–Crippen LogP) is 1.60. The highest BCUT2D eigenvalue weighted by molar-refractivity contribution is 5.83. The average molecular weight is 228 g/mol. The highest BCUT2D eigenvalue weighted by atomic mass is 16.2. The van der Waals surface area contributed by atoms with E-state index in [1.165, 1.54) is 0 Å². The molecule has 0 bridgehead atoms. The molecule has 0 fully saturated rings. The van der Waals surface area contributed by atoms with Gasteiger partial charge in [0.15, 0.2) is 0 Å². The van der Waals surface area contributed by atoms with Crippen LogP contribution in [0, 0.1) is 0 Å². The SMILES string of the molecule is CC[C@@H](C)NC(=O)CCC(=O)N[C@H](C)CC. The molecule has 0 aromatic carbocycles. The summed E-state index contributed by atoms with van der Waals surface area (Å²) in [5.41, 5.74) is 0. The molecule has 0 rings (SSSR count). The van der Waals surface area contributed by atoms with E-state index >= 15 is 0 Å². The van der Waals surface area contributed by atoms with E-state index < -0.39 is 0 Å². The Morgan fingerprint density at radius 2 is 1.19 bits per heavy atom. The lowest BCUT2D eigenvalue weighted by Gasteiger charge is -2.13. The van der Waals surface area contributed by atoms with E-state index in [0.717, 1.165) is 12.8 Å². The van der Waals surface area contributed by atoms with E-state index in [9.17, 15) is 9.59 Å². The Kier molecular flexibility index (Phi) is 7.60. The molecule has 0 unspecified atom stereocenters. The zero-order valence-electron chi connectivity index (χ0n) is 10.8. The maximum absolute atomic E-state index is 11.4. The highest BCUT2D eigenvalue weighted by Crippen LogP contribution is 1.95. The van der Waals surface area contributed by atoms with E-state index in [4.69, 9.17) is 0 Å². The second kappa shape index (κ2) is 8.13. The second-order valence-electron chi connectivity index (χ2n) is 4.25. The smallest absolute Gasteiger partial charge is 0.220 e. The second-order valence-corrected chi connectivity index (χ2v) is 4.25. The molecule has 16 heavy (non-hydrogen) atoms. The Hall–Kier alpha value is -1.06. The first kappa shape index (κ1) is 14.9. The Labute approximate surface area is 98.2 Å². The van der Waals surface area contributed by atoms with Crippen LogP contribution in [0.5, 0.6) is 0 Å². The monoisotopic (exact) mass is 228 g/mol. The van der Waals surface area contributed by atoms with Gasteiger partial charge in [-0.2, -0.15) is 0 Å². The highest BCUT2D eigenvalue weighted by Gasteiger charge is 2.10. The summed E-state index contributed by atoms with van der Waals surface area (Å²) >= 11 is 0. The summed E-state index contributed by atoms with van der Waals surface area (Å²) < 4.78 is 0. The number of hydrogen-bond acceptors (Lipinski definition) is 2. The number of amides is 2. The van der Waals surface area contributed by atoms with Crippen LogP contribution in [0.4, 0.5) is 0 Å². The minimum absolute atomic E-state index is 0.0475. The van der Waals surface area contributed by atoms with Crippen molar-refractivity contribution in [3.05, 3.63) is 0 Å². The summed E-state index contributed by atoms with van der Waals surface area (Å²) in [5, 5.41) is 5.67. The fourth-order valence-electron chi connectivity index (χ4n) is 1.13. The zero-order chi connectivity index (χ0) is 12.6. The molecule has 2 N–H and O–H groups in total. The van der Waals surface area contributed by atoms with Gasteiger partial charge in [-0.1, -0.05) is 13.8 Å². The molecule has 94 valence electrons. The summed E-state index contributed by atoms with van der Waals surface area (Å²) in [4.78, 5) is 22.8. The van der Waals surface area contributed by atoms with E-state index in [1.54, 1.807) is 0 Å². The van der Waals surface area contributed by atoms with Crippen LogP contribution in [-0.4, -0.2) is 23.9 Å². The molecule has 0 aliphatic rings. The third kappa shape index (κ3) is 7.26. The van der Waals surface area contributed by atoms with E-state index in [0.29, 0.717) is 0 Å². The van der Waals surface area contributed by atoms with Crippen LogP contribution in [0.25, 0.3) is 0 Å². The predicted molar refractivity (Wildman–Crippen MR) is 65.0 cm³/mol. The lowest BCUT2D eigenvalue weighted by molar-refractivity contribution is -0.127. The van der Waals surface area contributed by atoms with E-state index in [1.807, 2.05) is 27.7 Å². The van der Waals surface area contributed by atoms with Gasteiger partial charge in [0.1, 0.15) is 0 Å². The Morgan fingerprint density at radius 1 is 0.875 bits per heavy atom. The summed E-state index contributed by atoms with van der Waals surface area (Å²) in [6.45, 7) is 7.94. The Bertz CT molecular complexity index is 205. The number of hydrogen-bond donors (Lipinski definition) is 2. The molecule has 0 aliphatic carbocycles. The van der Waals surface area contributed by atoms with Crippen molar-refractivity contribution >= 4 is 11.8 Å². The number of rotatable bonds is 7. The van der Waals surface area contributed by atoms with Crippen LogP contribution in [0.1, 0.15) is 53.4 Å². The van der Waals surface area contributed by atoms with Crippen LogP contribution in [-0.2, 0) is 9.59 Å². The quantitative estimate of drug-likeness (QED) is 0.695. The Morgan fingerprint density at radius 3 is 1.44 bits per heavy atom. The maximum atomic E-state index is 11.4. The summed E-state index contributed by atoms with van der Waals surface area (Å²) in [6.07, 6.45) is 2.36. The van der Waals surface area contributed by atoms with Gasteiger partial charge in [-0.3, -0.25) is 9.59 Å². The number of carbonyl (C=O) groups excluding carboxylic acids is 2. The van der Waals surface area contributed by atoms with E-state index in [-0.39, 0.29) is 36.7 Å². The van der Waals surface area contributed by atoms with Crippen molar-refractivity contribution in [3.63, 3.8) is 0 Å². The van der Waals surface area contributed by atoms with Gasteiger partial charge in [0.2, 0.25) is 11.8 Å². The molecule has 4 nitrogen and oxygen atoms in total. The molecular formula is C12H24N2O2. The van der Waals surface area contributed by atoms with Gasteiger partial charge >= 0.3 is 0 Å². The van der Waals surface area contributed by atoms with Gasteiger partial charge in [-0.25, -0.2) is 0 Å². The zero-order valence-corrected chi connectivity index (χ0v) is 10.8. The summed E-state index contributed by atoms with van der Waals surface area (Å²) in [5.74, 6) is -0.0951. The van der Waals surface area contributed by atoms with Crippen molar-refractivity contribution in [2.75, 3.05) is 0 Å². The normalized spacial score (nSPS) is 14.0. The fourth-order valence-corrected chi connectivity index (χ4v) is 1.13. The van der Waals surface area contributed by atoms with Gasteiger partial charge in [0.25, 0.3) is 0 Å². The third-order valence-corrected chi connectivity index (χ3v) is 2.62. The first-order chi connectivity index (χ1) is 7.49. The molecular weight excluding hydrogens is 204 g/mol. The molecule has 0 spiro atoms. The Balaban J connectivity index is 3.71. The van der Waals surface area contributed by atoms with Crippen molar-refractivity contribution in [2.24, 2.45) is 0 Å². The van der Waals surface area contributed by atoms with Gasteiger partial charge in [0, 0.05) is 24.9 Å². The molecule has 2 amide bonds. The fraction of sp³-hybridized carbons (Fsp3) is 0.833. The van der Waals surface area contributed by atoms with Crippen LogP contribution in [0.15, 0.2) is 0 Å². The summed E-state index contributed by atoms with van der Waals surface area (Å²) in [7, 11) is 0. The minimum Gasteiger partial charge on any atom is -0.354 e. The number of nitrogens with one attached hydrogen (secondary N) is 2. The van der Waals surface area contributed by atoms with Crippen molar-refractivity contribution in [2.45, 2.75) is 65.5 Å². The standard InChI is InChI=1S/C12H24N2O2/c1-5-9(3)13-11(15)7-8-12(16)14-10(4)6-2/h9-10H,5-8H2,1-4H3,(H,13,15)(H,14,16)/t9-,10-/m1/s1. The molecule has 2 atom stereocenters. The topological polar surface area (TPSA) is 58.2 Å². The molecule has 0 aliphatic heterocycles. The van der Waals surface area contributed by atoms with Gasteiger partial charge in [0.05, 0.1) is 0 Å². The molecule has 0 radical (unpaired) electrons. The molecule has 0 saturated heterocycles. The molecule has 0 heterocycles. The first-order valence-electron chi connectivity index (χ1n) is 6.08. The van der Waals surface area contributed by atoms with Crippen LogP contribution >= 0.6 is 0 Å². The summed E-state index contributed by atoms with van der Waals surface area (Å²) in [6, 6.07) is 0.371. The molecule has 4 heteroatoms. The first-order valence-corrected chi connectivity index (χ1v) is 6.08. The van der Waals surface area contributed by atoms with Gasteiger partial charge < -0.3 is 10.6 Å². The van der Waals surface area contributed by atoms with E-state index in [2.05, 4.69) is 10.6 Å². The van der Waals surface area contributed by atoms with Crippen LogP contribution in [0.3, 0.4) is 0 Å². The molecule has 0 saturated carbocycles. The van der Waals surface area contributed by atoms with Crippen molar-refractivity contribution < 1.29 is 9.59 Å². The lowest BCUT2D eigenvalue weighted by atomic mass is 10.2. The number of carbonyl (C=O) groups is 2. The molecule has 0 aromatic heterocycles. The van der Waals surface area contributed by atoms with Crippen molar-refractivity contribution in [1.82, 2.24) is 10.6 Å². The third-order valence-electron chi connectivity index (χ3n) is 2.62. The minimum atomic E-state index is -0.0475. The lowest BCUT2D eigenvalue weighted by Crippen LogP contribution is -2.35. The van der Waals surface area contributed by atoms with Crippen molar-refractivity contribution in [3.8, 4) is 0 Å². The van der Waals surface area contributed by atoms with Gasteiger partial charge in [-0.15, -0.1) is 0 Å².